The van der Waals surface area contributed by atoms with Gasteiger partial charge in [0.05, 0.1) is 11.8 Å². The number of rotatable bonds is 3. The first-order valence-corrected chi connectivity index (χ1v) is 10.9. The minimum Gasteiger partial charge on any atom is -0.354 e. The molecule has 0 saturated carbocycles. The van der Waals surface area contributed by atoms with Gasteiger partial charge in [0, 0.05) is 33.9 Å². The number of aromatic nitrogens is 2. The Bertz CT molecular complexity index is 1290. The van der Waals surface area contributed by atoms with Crippen molar-refractivity contribution in [2.75, 3.05) is 11.0 Å². The normalized spacial score (nSPS) is 14.0. The molecule has 0 saturated heterocycles. The molecule has 2 aromatic heterocycles. The Hall–Kier alpha value is -2.86. The molecule has 0 spiro atoms. The standard InChI is InChI=1S/C21H19N3O2S/c1-27(25,26)24-14-7-5-13(6-8-14)21-16-4-2-3-15(16)20-17-11-12-22-18(17)9-10-19(20)23-21/h5-12,23-24H,2-4H2,1H3. The van der Waals surface area contributed by atoms with Crippen molar-refractivity contribution in [1.29, 1.82) is 0 Å². The van der Waals surface area contributed by atoms with Gasteiger partial charge in [-0.15, -0.1) is 0 Å². The molecule has 0 fully saturated rings. The molecule has 4 aromatic rings. The van der Waals surface area contributed by atoms with E-state index in [0.717, 1.165) is 47.8 Å². The number of benzene rings is 2. The van der Waals surface area contributed by atoms with Crippen LogP contribution >= 0.6 is 0 Å². The zero-order valence-corrected chi connectivity index (χ0v) is 15.7. The number of nitrogens with one attached hydrogen (secondary N) is 2. The van der Waals surface area contributed by atoms with Crippen molar-refractivity contribution in [3.8, 4) is 11.3 Å². The largest absolute Gasteiger partial charge is 0.354 e. The van der Waals surface area contributed by atoms with Crippen molar-refractivity contribution in [2.24, 2.45) is 0 Å². The molecule has 5 rings (SSSR count). The van der Waals surface area contributed by atoms with Crippen LogP contribution in [0.2, 0.25) is 0 Å². The van der Waals surface area contributed by atoms with E-state index in [0.29, 0.717) is 5.69 Å². The van der Waals surface area contributed by atoms with Crippen molar-refractivity contribution in [3.63, 3.8) is 0 Å². The zero-order valence-electron chi connectivity index (χ0n) is 14.9. The Morgan fingerprint density at radius 2 is 1.78 bits per heavy atom. The Labute approximate surface area is 157 Å². The summed E-state index contributed by atoms with van der Waals surface area (Å²) >= 11 is 0. The van der Waals surface area contributed by atoms with E-state index >= 15 is 0 Å². The van der Waals surface area contributed by atoms with Crippen molar-refractivity contribution in [3.05, 3.63) is 59.8 Å². The molecule has 1 aliphatic rings. The third-order valence-electron chi connectivity index (χ3n) is 5.24. The zero-order chi connectivity index (χ0) is 18.6. The van der Waals surface area contributed by atoms with E-state index in [9.17, 15) is 8.42 Å². The van der Waals surface area contributed by atoms with Gasteiger partial charge in [0.1, 0.15) is 0 Å². The van der Waals surface area contributed by atoms with E-state index in [-0.39, 0.29) is 0 Å². The fourth-order valence-corrected chi connectivity index (χ4v) is 4.75. The number of aryl methyl sites for hydroxylation is 1. The summed E-state index contributed by atoms with van der Waals surface area (Å²) < 4.78 is 25.3. The first-order valence-electron chi connectivity index (χ1n) is 8.99. The Morgan fingerprint density at radius 1 is 1.00 bits per heavy atom. The number of hydrogen-bond donors (Lipinski definition) is 2. The van der Waals surface area contributed by atoms with Crippen LogP contribution < -0.4 is 4.72 Å². The van der Waals surface area contributed by atoms with Crippen LogP contribution in [-0.4, -0.2) is 24.6 Å². The predicted octanol–water partition coefficient (Wildman–Crippen LogP) is 4.24. The highest BCUT2D eigenvalue weighted by Crippen LogP contribution is 2.38. The quantitative estimate of drug-likeness (QED) is 0.561. The number of sulfonamides is 1. The van der Waals surface area contributed by atoms with Crippen LogP contribution in [-0.2, 0) is 22.9 Å². The Balaban J connectivity index is 1.69. The van der Waals surface area contributed by atoms with Crippen LogP contribution in [0.3, 0.4) is 0 Å². The van der Waals surface area contributed by atoms with Crippen LogP contribution in [0.25, 0.3) is 33.1 Å². The maximum Gasteiger partial charge on any atom is 0.229 e. The maximum absolute atomic E-state index is 11.4. The second-order valence-corrected chi connectivity index (χ2v) is 8.88. The van der Waals surface area contributed by atoms with Crippen LogP contribution in [0.15, 0.2) is 48.7 Å². The lowest BCUT2D eigenvalue weighted by Gasteiger charge is -2.14. The summed E-state index contributed by atoms with van der Waals surface area (Å²) in [5, 5.41) is 2.50. The summed E-state index contributed by atoms with van der Waals surface area (Å²) in [4.78, 5) is 8.07. The molecular formula is C21H19N3O2S. The molecule has 6 heteroatoms. The number of fused-ring (bicyclic) bond motifs is 5. The summed E-state index contributed by atoms with van der Waals surface area (Å²) in [7, 11) is -3.27. The third-order valence-corrected chi connectivity index (χ3v) is 5.84. The van der Waals surface area contributed by atoms with Gasteiger partial charge >= 0.3 is 0 Å². The number of aromatic amines is 1. The maximum atomic E-state index is 11.4. The van der Waals surface area contributed by atoms with Crippen molar-refractivity contribution in [1.82, 2.24) is 9.97 Å². The fourth-order valence-electron chi connectivity index (χ4n) is 4.18. The average Bonchev–Trinajstić information content (AvgIpc) is 3.29. The Morgan fingerprint density at radius 3 is 2.56 bits per heavy atom. The van der Waals surface area contributed by atoms with Gasteiger partial charge in [-0.25, -0.2) is 8.42 Å². The molecule has 0 bridgehead atoms. The van der Waals surface area contributed by atoms with Crippen molar-refractivity contribution in [2.45, 2.75) is 19.3 Å². The van der Waals surface area contributed by atoms with Crippen molar-refractivity contribution >= 4 is 37.5 Å². The molecule has 27 heavy (non-hydrogen) atoms. The van der Waals surface area contributed by atoms with Crippen LogP contribution in [0.5, 0.6) is 0 Å². The summed E-state index contributed by atoms with van der Waals surface area (Å²) in [6.07, 6.45) is 6.29. The number of hydrogen-bond acceptors (Lipinski definition) is 3. The van der Waals surface area contributed by atoms with Crippen molar-refractivity contribution < 1.29 is 8.42 Å². The SMILES string of the molecule is CS(=O)(=O)Nc1ccc(-c2[nH]c3ccc4nccc4c3c3c2CCC3)cc1. The molecule has 1 aliphatic carbocycles. The van der Waals surface area contributed by atoms with Gasteiger partial charge in [0.2, 0.25) is 10.0 Å². The second-order valence-electron chi connectivity index (χ2n) is 7.13. The topological polar surface area (TPSA) is 74.8 Å². The molecule has 2 heterocycles. The smallest absolute Gasteiger partial charge is 0.229 e. The lowest BCUT2D eigenvalue weighted by Crippen LogP contribution is -2.09. The third kappa shape index (κ3) is 2.77. The number of H-pyrrole nitrogens is 1. The van der Waals surface area contributed by atoms with Gasteiger partial charge in [-0.1, -0.05) is 12.1 Å². The van der Waals surface area contributed by atoms with Gasteiger partial charge in [0.25, 0.3) is 0 Å². The minimum absolute atomic E-state index is 0.572. The average molecular weight is 377 g/mol. The number of nitrogens with zero attached hydrogens (tertiary/aromatic N) is 1. The van der Waals surface area contributed by atoms with E-state index in [1.807, 2.05) is 18.3 Å². The fraction of sp³-hybridized carbons (Fsp3) is 0.190. The van der Waals surface area contributed by atoms with Gasteiger partial charge in [-0.3, -0.25) is 9.71 Å². The summed E-state index contributed by atoms with van der Waals surface area (Å²) in [6, 6.07) is 13.8. The summed E-state index contributed by atoms with van der Waals surface area (Å²) in [5.41, 5.74) is 7.69. The lowest BCUT2D eigenvalue weighted by atomic mass is 9.97. The highest BCUT2D eigenvalue weighted by atomic mass is 32.2. The molecular weight excluding hydrogens is 358 g/mol. The highest BCUT2D eigenvalue weighted by molar-refractivity contribution is 7.92. The Kier molecular flexibility index (Phi) is 3.52. The monoisotopic (exact) mass is 377 g/mol. The van der Waals surface area contributed by atoms with E-state index in [2.05, 4.69) is 32.9 Å². The van der Waals surface area contributed by atoms with Crippen LogP contribution in [0.1, 0.15) is 17.5 Å². The summed E-state index contributed by atoms with van der Waals surface area (Å²) in [6.45, 7) is 0. The van der Waals surface area contributed by atoms with E-state index in [1.165, 1.54) is 21.9 Å². The molecule has 0 amide bonds. The summed E-state index contributed by atoms with van der Waals surface area (Å²) in [5.74, 6) is 0. The van der Waals surface area contributed by atoms with Crippen LogP contribution in [0, 0.1) is 0 Å². The van der Waals surface area contributed by atoms with E-state index in [1.54, 1.807) is 12.1 Å². The molecule has 5 nitrogen and oxygen atoms in total. The van der Waals surface area contributed by atoms with Crippen LogP contribution in [0.4, 0.5) is 5.69 Å². The van der Waals surface area contributed by atoms with Gasteiger partial charge in [-0.2, -0.15) is 0 Å². The second kappa shape index (κ2) is 5.82. The first kappa shape index (κ1) is 16.3. The minimum atomic E-state index is -3.27. The first-order chi connectivity index (χ1) is 13.0. The molecule has 2 N–H and O–H groups in total. The van der Waals surface area contributed by atoms with Gasteiger partial charge < -0.3 is 4.98 Å². The predicted molar refractivity (Wildman–Crippen MR) is 110 cm³/mol. The molecule has 2 aromatic carbocycles. The van der Waals surface area contributed by atoms with E-state index in [4.69, 9.17) is 0 Å². The molecule has 0 unspecified atom stereocenters. The van der Waals surface area contributed by atoms with E-state index < -0.39 is 10.0 Å². The lowest BCUT2D eigenvalue weighted by molar-refractivity contribution is 0.607. The van der Waals surface area contributed by atoms with Gasteiger partial charge in [-0.05, 0) is 66.3 Å². The highest BCUT2D eigenvalue weighted by Gasteiger charge is 2.21. The molecule has 136 valence electrons. The number of pyridine rings is 1. The number of anilines is 1. The van der Waals surface area contributed by atoms with Gasteiger partial charge in [0.15, 0.2) is 0 Å². The molecule has 0 atom stereocenters. The molecule has 0 radical (unpaired) electrons. The molecule has 0 aliphatic heterocycles.